The largest absolute Gasteiger partial charge is 0.492 e. The first-order valence-electron chi connectivity index (χ1n) is 14.4. The maximum atomic E-state index is 13.6. The molecule has 0 unspecified atom stereocenters. The highest BCUT2D eigenvalue weighted by atomic mass is 19.4. The second-order valence-corrected chi connectivity index (χ2v) is 10.4. The fraction of sp³-hybridized carbons (Fsp3) is 0.353. The van der Waals surface area contributed by atoms with Crippen LogP contribution in [-0.4, -0.2) is 17.5 Å². The number of aromatic nitrogens is 1. The van der Waals surface area contributed by atoms with Crippen molar-refractivity contribution in [2.45, 2.75) is 70.9 Å². The molecule has 216 valence electrons. The Kier molecular flexibility index (Phi) is 10.4. The van der Waals surface area contributed by atoms with E-state index in [0.29, 0.717) is 17.7 Å². The van der Waals surface area contributed by atoms with Crippen molar-refractivity contribution in [3.8, 4) is 16.9 Å². The van der Waals surface area contributed by atoms with E-state index in [9.17, 15) is 18.0 Å². The number of rotatable bonds is 14. The molecular weight excluding hydrogens is 525 g/mol. The van der Waals surface area contributed by atoms with Gasteiger partial charge in [-0.3, -0.25) is 9.78 Å². The molecular formula is C34H37F3N2O2. The lowest BCUT2D eigenvalue weighted by Gasteiger charge is -2.17. The zero-order valence-corrected chi connectivity index (χ0v) is 23.5. The van der Waals surface area contributed by atoms with E-state index in [-0.39, 0.29) is 23.3 Å². The van der Waals surface area contributed by atoms with Gasteiger partial charge in [-0.25, -0.2) is 0 Å². The summed E-state index contributed by atoms with van der Waals surface area (Å²) in [6.07, 6.45) is 4.59. The maximum Gasteiger partial charge on any atom is 0.416 e. The number of nitrogens with zero attached hydrogens (tertiary/aromatic N) is 1. The summed E-state index contributed by atoms with van der Waals surface area (Å²) in [7, 11) is 0. The van der Waals surface area contributed by atoms with Crippen LogP contribution >= 0.6 is 0 Å². The molecule has 0 radical (unpaired) electrons. The van der Waals surface area contributed by atoms with Crippen LogP contribution in [0.4, 0.5) is 13.2 Å². The standard InChI is InChI=1S/C34H37F3N2O2/c1-2-3-4-5-6-7-8-12-20-41-32-28-19-18-27(34(35,36)37)23-29(28)39-30(31(32)33(38)40)22-24-14-13-17-26(21-24)25-15-10-9-11-16-25/h9-11,13-19,21,23H,2-8,12,20,22H2,1H3,(H2,38,40). The normalized spacial score (nSPS) is 11.6. The first-order chi connectivity index (χ1) is 19.8. The minimum absolute atomic E-state index is 0.113. The van der Waals surface area contributed by atoms with E-state index < -0.39 is 17.6 Å². The monoisotopic (exact) mass is 562 g/mol. The van der Waals surface area contributed by atoms with Gasteiger partial charge in [-0.15, -0.1) is 0 Å². The molecule has 2 N–H and O–H groups in total. The van der Waals surface area contributed by atoms with Gasteiger partial charge in [0, 0.05) is 11.8 Å². The summed E-state index contributed by atoms with van der Waals surface area (Å²) in [5.41, 5.74) is 8.42. The molecule has 0 fully saturated rings. The number of unbranched alkanes of at least 4 members (excludes halogenated alkanes) is 7. The minimum atomic E-state index is -4.53. The van der Waals surface area contributed by atoms with E-state index in [1.807, 2.05) is 54.6 Å². The summed E-state index contributed by atoms with van der Waals surface area (Å²) < 4.78 is 46.8. The van der Waals surface area contributed by atoms with Crippen LogP contribution in [0.2, 0.25) is 0 Å². The van der Waals surface area contributed by atoms with Crippen molar-refractivity contribution in [1.29, 1.82) is 0 Å². The molecule has 0 aliphatic carbocycles. The molecule has 4 aromatic rings. The fourth-order valence-electron chi connectivity index (χ4n) is 5.09. The number of halogens is 3. The van der Waals surface area contributed by atoms with Crippen LogP contribution in [0.1, 0.15) is 85.5 Å². The van der Waals surface area contributed by atoms with Gasteiger partial charge < -0.3 is 10.5 Å². The quantitative estimate of drug-likeness (QED) is 0.156. The van der Waals surface area contributed by atoms with Crippen molar-refractivity contribution in [3.05, 3.63) is 95.2 Å². The van der Waals surface area contributed by atoms with Crippen LogP contribution in [0.5, 0.6) is 5.75 Å². The van der Waals surface area contributed by atoms with E-state index >= 15 is 0 Å². The summed E-state index contributed by atoms with van der Waals surface area (Å²) in [5, 5.41) is 0.341. The van der Waals surface area contributed by atoms with Crippen LogP contribution in [0.15, 0.2) is 72.8 Å². The number of pyridine rings is 1. The number of carbonyl (C=O) groups excluding carboxylic acids is 1. The highest BCUT2D eigenvalue weighted by molar-refractivity contribution is 6.03. The number of fused-ring (bicyclic) bond motifs is 1. The van der Waals surface area contributed by atoms with Gasteiger partial charge in [-0.2, -0.15) is 13.2 Å². The molecule has 0 spiro atoms. The number of ether oxygens (including phenoxy) is 1. The molecule has 7 heteroatoms. The third-order valence-corrected chi connectivity index (χ3v) is 7.24. The van der Waals surface area contributed by atoms with Gasteiger partial charge in [-0.05, 0) is 41.3 Å². The van der Waals surface area contributed by atoms with Crippen molar-refractivity contribution < 1.29 is 22.7 Å². The average molecular weight is 563 g/mol. The molecule has 41 heavy (non-hydrogen) atoms. The number of amides is 1. The van der Waals surface area contributed by atoms with Crippen LogP contribution in [0, 0.1) is 0 Å². The number of carbonyl (C=O) groups is 1. The molecule has 0 aliphatic heterocycles. The molecule has 3 aromatic carbocycles. The summed E-state index contributed by atoms with van der Waals surface area (Å²) >= 11 is 0. The highest BCUT2D eigenvalue weighted by Gasteiger charge is 2.31. The number of alkyl halides is 3. The number of nitrogens with two attached hydrogens (primary N) is 1. The van der Waals surface area contributed by atoms with Gasteiger partial charge in [0.15, 0.2) is 0 Å². The Bertz CT molecular complexity index is 1450. The van der Waals surface area contributed by atoms with Gasteiger partial charge in [0.05, 0.1) is 23.4 Å². The Balaban J connectivity index is 1.65. The number of hydrogen-bond acceptors (Lipinski definition) is 3. The minimum Gasteiger partial charge on any atom is -0.492 e. The summed E-state index contributed by atoms with van der Waals surface area (Å²) in [5.74, 6) is -0.521. The molecule has 4 nitrogen and oxygen atoms in total. The van der Waals surface area contributed by atoms with Crippen molar-refractivity contribution in [2.75, 3.05) is 6.61 Å². The Morgan fingerprint density at radius 2 is 1.51 bits per heavy atom. The van der Waals surface area contributed by atoms with E-state index in [2.05, 4.69) is 11.9 Å². The number of hydrogen-bond donors (Lipinski definition) is 1. The topological polar surface area (TPSA) is 65.2 Å². The molecule has 0 aliphatic rings. The lowest BCUT2D eigenvalue weighted by molar-refractivity contribution is -0.137. The number of primary amides is 1. The van der Waals surface area contributed by atoms with Crippen LogP contribution in [0.25, 0.3) is 22.0 Å². The van der Waals surface area contributed by atoms with Gasteiger partial charge in [0.2, 0.25) is 0 Å². The highest BCUT2D eigenvalue weighted by Crippen LogP contribution is 2.37. The van der Waals surface area contributed by atoms with Crippen LogP contribution in [-0.2, 0) is 12.6 Å². The van der Waals surface area contributed by atoms with E-state index in [4.69, 9.17) is 10.5 Å². The van der Waals surface area contributed by atoms with Crippen molar-refractivity contribution in [3.63, 3.8) is 0 Å². The van der Waals surface area contributed by atoms with E-state index in [1.54, 1.807) is 0 Å². The maximum absolute atomic E-state index is 13.6. The second-order valence-electron chi connectivity index (χ2n) is 10.4. The van der Waals surface area contributed by atoms with Gasteiger partial charge in [0.1, 0.15) is 11.3 Å². The fourth-order valence-corrected chi connectivity index (χ4v) is 5.09. The van der Waals surface area contributed by atoms with E-state index in [0.717, 1.165) is 54.5 Å². The van der Waals surface area contributed by atoms with Crippen LogP contribution < -0.4 is 10.5 Å². The SMILES string of the molecule is CCCCCCCCCCOc1c(C(N)=O)c(Cc2cccc(-c3ccccc3)c2)nc2cc(C(F)(F)F)ccc12. The number of benzene rings is 3. The van der Waals surface area contributed by atoms with E-state index in [1.165, 1.54) is 31.7 Å². The first-order valence-corrected chi connectivity index (χ1v) is 14.4. The third kappa shape index (κ3) is 8.09. The molecule has 0 saturated heterocycles. The molecule has 0 bridgehead atoms. The van der Waals surface area contributed by atoms with Gasteiger partial charge in [0.25, 0.3) is 5.91 Å². The van der Waals surface area contributed by atoms with Crippen molar-refractivity contribution in [1.82, 2.24) is 4.98 Å². The van der Waals surface area contributed by atoms with Gasteiger partial charge >= 0.3 is 6.18 Å². The Hall–Kier alpha value is -3.87. The summed E-state index contributed by atoms with van der Waals surface area (Å²) in [6, 6.07) is 20.9. The lowest BCUT2D eigenvalue weighted by Crippen LogP contribution is -2.18. The molecule has 1 amide bonds. The van der Waals surface area contributed by atoms with Crippen molar-refractivity contribution in [2.24, 2.45) is 5.73 Å². The predicted octanol–water partition coefficient (Wildman–Crippen LogP) is 9.13. The predicted molar refractivity (Wildman–Crippen MR) is 158 cm³/mol. The zero-order chi connectivity index (χ0) is 29.2. The Morgan fingerprint density at radius 1 is 0.829 bits per heavy atom. The first kappa shape index (κ1) is 30.1. The average Bonchev–Trinajstić information content (AvgIpc) is 2.95. The molecule has 0 saturated carbocycles. The molecule has 1 aromatic heterocycles. The van der Waals surface area contributed by atoms with Gasteiger partial charge in [-0.1, -0.05) is 106 Å². The second kappa shape index (κ2) is 14.2. The molecule has 1 heterocycles. The van der Waals surface area contributed by atoms with Crippen molar-refractivity contribution >= 4 is 16.8 Å². The summed E-state index contributed by atoms with van der Waals surface area (Å²) in [4.78, 5) is 17.3. The van der Waals surface area contributed by atoms with Crippen LogP contribution in [0.3, 0.4) is 0 Å². The smallest absolute Gasteiger partial charge is 0.416 e. The Labute approximate surface area is 239 Å². The lowest BCUT2D eigenvalue weighted by atomic mass is 9.97. The molecule has 4 rings (SSSR count). The summed E-state index contributed by atoms with van der Waals surface area (Å²) in [6.45, 7) is 2.52. The third-order valence-electron chi connectivity index (χ3n) is 7.24. The molecule has 0 atom stereocenters. The zero-order valence-electron chi connectivity index (χ0n) is 23.5. The Morgan fingerprint density at radius 3 is 2.20 bits per heavy atom.